The maximum absolute atomic E-state index is 12.0. The zero-order valence-electron chi connectivity index (χ0n) is 10.5. The van der Waals surface area contributed by atoms with Crippen molar-refractivity contribution in [2.75, 3.05) is 13.6 Å². The van der Waals surface area contributed by atoms with Crippen LogP contribution in [0.2, 0.25) is 0 Å². The molecule has 4 nitrogen and oxygen atoms in total. The van der Waals surface area contributed by atoms with E-state index in [0.717, 1.165) is 22.6 Å². The molecule has 1 rings (SSSR count). The minimum absolute atomic E-state index is 0.420. The molecule has 0 aliphatic heterocycles. The molecule has 0 unspecified atom stereocenters. The highest BCUT2D eigenvalue weighted by molar-refractivity contribution is 7.89. The van der Waals surface area contributed by atoms with Gasteiger partial charge in [-0.25, -0.2) is 13.1 Å². The first-order valence-electron chi connectivity index (χ1n) is 5.74. The molecule has 0 saturated carbocycles. The van der Waals surface area contributed by atoms with Gasteiger partial charge in [-0.2, -0.15) is 0 Å². The number of rotatable bonds is 7. The third-order valence-electron chi connectivity index (χ3n) is 2.39. The molecule has 1 aromatic rings. The van der Waals surface area contributed by atoms with Crippen LogP contribution in [0.4, 0.5) is 0 Å². The summed E-state index contributed by atoms with van der Waals surface area (Å²) in [6, 6.07) is 1.75. The number of nitrogens with one attached hydrogen (secondary N) is 2. The van der Waals surface area contributed by atoms with Gasteiger partial charge in [-0.15, -0.1) is 11.3 Å². The van der Waals surface area contributed by atoms with Gasteiger partial charge in [-0.3, -0.25) is 0 Å². The summed E-state index contributed by atoms with van der Waals surface area (Å²) < 4.78 is 26.7. The molecule has 1 aromatic heterocycles. The van der Waals surface area contributed by atoms with Gasteiger partial charge in [0.25, 0.3) is 0 Å². The minimum Gasteiger partial charge on any atom is -0.315 e. The molecule has 0 aliphatic carbocycles. The normalized spacial score (nSPS) is 11.9. The van der Waals surface area contributed by atoms with Crippen molar-refractivity contribution in [1.29, 1.82) is 0 Å². The van der Waals surface area contributed by atoms with Crippen molar-refractivity contribution in [3.63, 3.8) is 0 Å². The maximum atomic E-state index is 12.0. The SMILES string of the molecule is CCCCNS(=O)(=O)c1cc(CNC)sc1C. The fourth-order valence-corrected chi connectivity index (χ4v) is 4.23. The molecule has 0 saturated heterocycles. The van der Waals surface area contributed by atoms with E-state index in [1.54, 1.807) is 6.07 Å². The molecule has 98 valence electrons. The monoisotopic (exact) mass is 276 g/mol. The Morgan fingerprint density at radius 1 is 1.41 bits per heavy atom. The van der Waals surface area contributed by atoms with Crippen LogP contribution in [0.5, 0.6) is 0 Å². The lowest BCUT2D eigenvalue weighted by atomic mass is 10.3. The van der Waals surface area contributed by atoms with Crippen molar-refractivity contribution in [3.05, 3.63) is 15.8 Å². The zero-order valence-corrected chi connectivity index (χ0v) is 12.2. The van der Waals surface area contributed by atoms with Gasteiger partial charge < -0.3 is 5.32 Å². The average Bonchev–Trinajstić information content (AvgIpc) is 2.61. The number of hydrogen-bond acceptors (Lipinski definition) is 4. The van der Waals surface area contributed by atoms with Crippen molar-refractivity contribution in [3.8, 4) is 0 Å². The van der Waals surface area contributed by atoms with Crippen LogP contribution in [-0.4, -0.2) is 22.0 Å². The van der Waals surface area contributed by atoms with E-state index in [4.69, 9.17) is 0 Å². The zero-order chi connectivity index (χ0) is 12.9. The summed E-state index contributed by atoms with van der Waals surface area (Å²) >= 11 is 1.52. The van der Waals surface area contributed by atoms with Gasteiger partial charge in [-0.05, 0) is 26.5 Å². The first kappa shape index (κ1) is 14.6. The molecule has 0 aliphatic rings. The number of sulfonamides is 1. The molecule has 2 N–H and O–H groups in total. The Morgan fingerprint density at radius 3 is 2.71 bits per heavy atom. The van der Waals surface area contributed by atoms with Crippen molar-refractivity contribution < 1.29 is 8.42 Å². The Kier molecular flexibility index (Phi) is 5.58. The van der Waals surface area contributed by atoms with Crippen molar-refractivity contribution in [1.82, 2.24) is 10.0 Å². The van der Waals surface area contributed by atoms with Gasteiger partial charge in [0.05, 0.1) is 4.90 Å². The first-order chi connectivity index (χ1) is 8.01. The van der Waals surface area contributed by atoms with E-state index in [9.17, 15) is 8.42 Å². The molecular formula is C11H20N2O2S2. The Labute approximate surface area is 107 Å². The van der Waals surface area contributed by atoms with Crippen molar-refractivity contribution >= 4 is 21.4 Å². The van der Waals surface area contributed by atoms with Crippen LogP contribution in [0, 0.1) is 6.92 Å². The van der Waals surface area contributed by atoms with E-state index in [0.29, 0.717) is 18.0 Å². The molecule has 0 spiro atoms. The Bertz CT molecular complexity index is 452. The average molecular weight is 276 g/mol. The summed E-state index contributed by atoms with van der Waals surface area (Å²) in [6.45, 7) is 5.10. The Morgan fingerprint density at radius 2 is 2.12 bits per heavy atom. The Balaban J connectivity index is 2.83. The van der Waals surface area contributed by atoms with Gasteiger partial charge in [0.2, 0.25) is 10.0 Å². The highest BCUT2D eigenvalue weighted by Gasteiger charge is 2.18. The molecule has 17 heavy (non-hydrogen) atoms. The molecule has 0 bridgehead atoms. The van der Waals surface area contributed by atoms with E-state index in [2.05, 4.69) is 10.0 Å². The first-order valence-corrected chi connectivity index (χ1v) is 8.04. The van der Waals surface area contributed by atoms with Gasteiger partial charge in [0, 0.05) is 22.8 Å². The number of thiophene rings is 1. The summed E-state index contributed by atoms with van der Waals surface area (Å²) in [7, 11) is -1.48. The highest BCUT2D eigenvalue weighted by atomic mass is 32.2. The van der Waals surface area contributed by atoms with Gasteiger partial charge in [0.1, 0.15) is 0 Å². The van der Waals surface area contributed by atoms with Gasteiger partial charge in [0.15, 0.2) is 0 Å². The summed E-state index contributed by atoms with van der Waals surface area (Å²) in [5.74, 6) is 0. The molecular weight excluding hydrogens is 256 g/mol. The van der Waals surface area contributed by atoms with Crippen LogP contribution >= 0.6 is 11.3 Å². The van der Waals surface area contributed by atoms with Crippen LogP contribution in [0.3, 0.4) is 0 Å². The minimum atomic E-state index is -3.33. The van der Waals surface area contributed by atoms with Gasteiger partial charge >= 0.3 is 0 Å². The van der Waals surface area contributed by atoms with E-state index in [1.807, 2.05) is 20.9 Å². The second-order valence-corrected chi connectivity index (χ2v) is 6.99. The van der Waals surface area contributed by atoms with Gasteiger partial charge in [-0.1, -0.05) is 13.3 Å². The highest BCUT2D eigenvalue weighted by Crippen LogP contribution is 2.25. The fourth-order valence-electron chi connectivity index (χ4n) is 1.51. The second-order valence-electron chi connectivity index (χ2n) is 3.91. The molecule has 0 amide bonds. The standard InChI is InChI=1S/C11H20N2O2S2/c1-4-5-6-13-17(14,15)11-7-10(8-12-3)16-9(11)2/h7,12-13H,4-6,8H2,1-3H3. The van der Waals surface area contributed by atoms with Crippen molar-refractivity contribution in [2.45, 2.75) is 38.1 Å². The summed E-state index contributed by atoms with van der Waals surface area (Å²) in [5, 5.41) is 3.02. The number of aryl methyl sites for hydroxylation is 1. The number of hydrogen-bond donors (Lipinski definition) is 2. The maximum Gasteiger partial charge on any atom is 0.241 e. The molecule has 0 aromatic carbocycles. The lowest BCUT2D eigenvalue weighted by Crippen LogP contribution is -2.24. The molecule has 0 atom stereocenters. The topological polar surface area (TPSA) is 58.2 Å². The quantitative estimate of drug-likeness (QED) is 0.747. The van der Waals surface area contributed by atoms with Crippen molar-refractivity contribution in [2.24, 2.45) is 0 Å². The van der Waals surface area contributed by atoms with Crippen LogP contribution in [0.25, 0.3) is 0 Å². The molecule has 6 heteroatoms. The van der Waals surface area contributed by atoms with E-state index >= 15 is 0 Å². The van der Waals surface area contributed by atoms with Crippen LogP contribution < -0.4 is 10.0 Å². The smallest absolute Gasteiger partial charge is 0.241 e. The largest absolute Gasteiger partial charge is 0.315 e. The molecule has 0 radical (unpaired) electrons. The summed E-state index contributed by atoms with van der Waals surface area (Å²) in [5.41, 5.74) is 0. The second kappa shape index (κ2) is 6.49. The van der Waals surface area contributed by atoms with E-state index < -0.39 is 10.0 Å². The third-order valence-corrected chi connectivity index (χ3v) is 5.15. The summed E-state index contributed by atoms with van der Waals surface area (Å²) in [6.07, 6.45) is 1.85. The van der Waals surface area contributed by atoms with Crippen LogP contribution in [0.1, 0.15) is 29.5 Å². The van der Waals surface area contributed by atoms with E-state index in [1.165, 1.54) is 11.3 Å². The lowest BCUT2D eigenvalue weighted by molar-refractivity contribution is 0.578. The molecule has 1 heterocycles. The number of unbranched alkanes of at least 4 members (excludes halogenated alkanes) is 1. The fraction of sp³-hybridized carbons (Fsp3) is 0.636. The summed E-state index contributed by atoms with van der Waals surface area (Å²) in [4.78, 5) is 2.31. The predicted octanol–water partition coefficient (Wildman–Crippen LogP) is 1.85. The Hall–Kier alpha value is -0.430. The van der Waals surface area contributed by atoms with Crippen LogP contribution in [0.15, 0.2) is 11.0 Å². The third kappa shape index (κ3) is 4.06. The lowest BCUT2D eigenvalue weighted by Gasteiger charge is -2.04. The van der Waals surface area contributed by atoms with E-state index in [-0.39, 0.29) is 0 Å². The van der Waals surface area contributed by atoms with Crippen LogP contribution in [-0.2, 0) is 16.6 Å². The predicted molar refractivity (Wildman–Crippen MR) is 71.9 cm³/mol. The molecule has 0 fully saturated rings.